The summed E-state index contributed by atoms with van der Waals surface area (Å²) in [6.45, 7) is 0. The van der Waals surface area contributed by atoms with Gasteiger partial charge in [-0.3, -0.25) is 0 Å². The lowest BCUT2D eigenvalue weighted by Crippen LogP contribution is -1.91. The van der Waals surface area contributed by atoms with Crippen LogP contribution in [0.5, 0.6) is 5.75 Å². The van der Waals surface area contributed by atoms with Crippen LogP contribution in [0.15, 0.2) is 60.1 Å². The van der Waals surface area contributed by atoms with Crippen LogP contribution in [0.4, 0.5) is 10.1 Å². The summed E-state index contributed by atoms with van der Waals surface area (Å²) in [7, 11) is 1.62. The monoisotopic (exact) mass is 351 g/mol. The number of nitrogens with one attached hydrogen (secondary N) is 1. The van der Waals surface area contributed by atoms with Gasteiger partial charge in [0.1, 0.15) is 28.2 Å². The van der Waals surface area contributed by atoms with Gasteiger partial charge in [-0.2, -0.15) is 5.26 Å². The van der Waals surface area contributed by atoms with Crippen molar-refractivity contribution < 1.29 is 9.13 Å². The first-order chi connectivity index (χ1) is 12.2. The highest BCUT2D eigenvalue weighted by Crippen LogP contribution is 2.27. The molecule has 0 bridgehead atoms. The number of nitrogens with zero attached hydrogens (tertiary/aromatic N) is 2. The highest BCUT2D eigenvalue weighted by molar-refractivity contribution is 7.11. The molecule has 25 heavy (non-hydrogen) atoms. The number of aromatic nitrogens is 1. The Morgan fingerprint density at radius 2 is 2.08 bits per heavy atom. The lowest BCUT2D eigenvalue weighted by Gasteiger charge is -2.01. The molecule has 0 radical (unpaired) electrons. The molecule has 0 atom stereocenters. The Balaban J connectivity index is 1.81. The molecule has 6 heteroatoms. The largest absolute Gasteiger partial charge is 0.497 e. The quantitative estimate of drug-likeness (QED) is 0.662. The van der Waals surface area contributed by atoms with E-state index in [1.165, 1.54) is 29.7 Å². The van der Waals surface area contributed by atoms with Crippen molar-refractivity contribution in [3.8, 4) is 23.1 Å². The SMILES string of the molecule is COc1ccc(-c2csc(/C(C#N)=C\Nc3cccc(F)c3)n2)cc1. The molecule has 1 aromatic heterocycles. The zero-order valence-corrected chi connectivity index (χ0v) is 14.2. The minimum Gasteiger partial charge on any atom is -0.497 e. The molecule has 0 aliphatic rings. The van der Waals surface area contributed by atoms with Crippen molar-refractivity contribution in [1.29, 1.82) is 5.26 Å². The second-order valence-corrected chi connectivity index (χ2v) is 5.95. The average molecular weight is 351 g/mol. The molecular weight excluding hydrogens is 337 g/mol. The number of nitriles is 1. The summed E-state index contributed by atoms with van der Waals surface area (Å²) in [5.74, 6) is 0.434. The smallest absolute Gasteiger partial charge is 0.136 e. The number of thiazole rings is 1. The van der Waals surface area contributed by atoms with Gasteiger partial charge >= 0.3 is 0 Å². The molecule has 0 saturated heterocycles. The van der Waals surface area contributed by atoms with Gasteiger partial charge < -0.3 is 10.1 Å². The van der Waals surface area contributed by atoms with Gasteiger partial charge in [-0.05, 0) is 42.5 Å². The third-order valence-corrected chi connectivity index (χ3v) is 4.32. The van der Waals surface area contributed by atoms with E-state index in [2.05, 4.69) is 16.4 Å². The number of methoxy groups -OCH3 is 1. The van der Waals surface area contributed by atoms with Crippen molar-refractivity contribution in [2.75, 3.05) is 12.4 Å². The normalized spacial score (nSPS) is 11.0. The maximum atomic E-state index is 13.2. The fraction of sp³-hybridized carbons (Fsp3) is 0.0526. The maximum Gasteiger partial charge on any atom is 0.136 e. The number of benzene rings is 2. The lowest BCUT2D eigenvalue weighted by atomic mass is 10.2. The Kier molecular flexibility index (Phi) is 5.07. The molecule has 0 aliphatic carbocycles. The zero-order valence-electron chi connectivity index (χ0n) is 13.4. The number of allylic oxidation sites excluding steroid dienone is 1. The Bertz CT molecular complexity index is 942. The average Bonchev–Trinajstić information content (AvgIpc) is 3.12. The highest BCUT2D eigenvalue weighted by atomic mass is 32.1. The predicted octanol–water partition coefficient (Wildman–Crippen LogP) is 4.93. The number of hydrogen-bond acceptors (Lipinski definition) is 5. The van der Waals surface area contributed by atoms with Crippen LogP contribution in [0.25, 0.3) is 16.8 Å². The summed E-state index contributed by atoms with van der Waals surface area (Å²) < 4.78 is 18.3. The van der Waals surface area contributed by atoms with E-state index in [1.807, 2.05) is 29.6 Å². The number of anilines is 1. The maximum absolute atomic E-state index is 13.2. The molecule has 1 N–H and O–H groups in total. The van der Waals surface area contributed by atoms with Crippen LogP contribution < -0.4 is 10.1 Å². The van der Waals surface area contributed by atoms with Gasteiger partial charge in [0, 0.05) is 22.8 Å². The minimum absolute atomic E-state index is 0.340. The number of hydrogen-bond donors (Lipinski definition) is 1. The van der Waals surface area contributed by atoms with Crippen LogP contribution in [-0.4, -0.2) is 12.1 Å². The van der Waals surface area contributed by atoms with Gasteiger partial charge in [0.2, 0.25) is 0 Å². The third-order valence-electron chi connectivity index (χ3n) is 3.45. The fourth-order valence-corrected chi connectivity index (χ4v) is 2.96. The molecule has 4 nitrogen and oxygen atoms in total. The molecule has 0 amide bonds. The molecule has 0 fully saturated rings. The predicted molar refractivity (Wildman–Crippen MR) is 97.7 cm³/mol. The molecule has 2 aromatic carbocycles. The van der Waals surface area contributed by atoms with Crippen molar-refractivity contribution in [1.82, 2.24) is 4.98 Å². The van der Waals surface area contributed by atoms with Gasteiger partial charge in [0.25, 0.3) is 0 Å². The van der Waals surface area contributed by atoms with Gasteiger partial charge in [0.05, 0.1) is 12.8 Å². The van der Waals surface area contributed by atoms with Gasteiger partial charge in [-0.1, -0.05) is 6.07 Å². The van der Waals surface area contributed by atoms with Crippen LogP contribution >= 0.6 is 11.3 Å². The fourth-order valence-electron chi connectivity index (χ4n) is 2.17. The molecule has 0 unspecified atom stereocenters. The Morgan fingerprint density at radius 3 is 2.76 bits per heavy atom. The van der Waals surface area contributed by atoms with Crippen LogP contribution in [0.1, 0.15) is 5.01 Å². The molecule has 0 aliphatic heterocycles. The number of ether oxygens (including phenoxy) is 1. The molecular formula is C19H14FN3OS. The van der Waals surface area contributed by atoms with Crippen LogP contribution in [0, 0.1) is 17.1 Å². The lowest BCUT2D eigenvalue weighted by molar-refractivity contribution is 0.415. The standard InChI is InChI=1S/C19H14FN3OS/c1-24-17-7-5-13(6-8-17)18-12-25-19(23-18)14(10-21)11-22-16-4-2-3-15(20)9-16/h2-9,11-12,22H,1H3/b14-11-. The summed E-state index contributed by atoms with van der Waals surface area (Å²) in [6.07, 6.45) is 1.53. The van der Waals surface area contributed by atoms with E-state index in [9.17, 15) is 9.65 Å². The van der Waals surface area contributed by atoms with Crippen molar-refractivity contribution in [3.63, 3.8) is 0 Å². The Labute approximate surface area is 148 Å². The van der Waals surface area contributed by atoms with Crippen LogP contribution in [-0.2, 0) is 0 Å². The van der Waals surface area contributed by atoms with E-state index in [0.29, 0.717) is 16.3 Å². The van der Waals surface area contributed by atoms with Crippen LogP contribution in [0.3, 0.4) is 0 Å². The van der Waals surface area contributed by atoms with E-state index in [1.54, 1.807) is 19.2 Å². The first-order valence-electron chi connectivity index (χ1n) is 7.42. The summed E-state index contributed by atoms with van der Waals surface area (Å²) in [6, 6.07) is 15.7. The molecule has 3 rings (SSSR count). The van der Waals surface area contributed by atoms with E-state index >= 15 is 0 Å². The van der Waals surface area contributed by atoms with Crippen molar-refractivity contribution in [2.45, 2.75) is 0 Å². The third kappa shape index (κ3) is 4.03. The second-order valence-electron chi connectivity index (χ2n) is 5.09. The van der Waals surface area contributed by atoms with Crippen LogP contribution in [0.2, 0.25) is 0 Å². The molecule has 0 spiro atoms. The zero-order chi connectivity index (χ0) is 17.6. The van der Waals surface area contributed by atoms with Gasteiger partial charge in [-0.15, -0.1) is 11.3 Å². The summed E-state index contributed by atoms with van der Waals surface area (Å²) in [4.78, 5) is 4.51. The van der Waals surface area contributed by atoms with E-state index in [0.717, 1.165) is 17.0 Å². The Hall–Kier alpha value is -3.17. The number of rotatable bonds is 5. The summed E-state index contributed by atoms with van der Waals surface area (Å²) >= 11 is 1.38. The topological polar surface area (TPSA) is 57.9 Å². The first-order valence-corrected chi connectivity index (χ1v) is 8.30. The number of halogens is 1. The van der Waals surface area contributed by atoms with Crippen molar-refractivity contribution in [2.24, 2.45) is 0 Å². The van der Waals surface area contributed by atoms with E-state index < -0.39 is 0 Å². The van der Waals surface area contributed by atoms with Crippen molar-refractivity contribution in [3.05, 3.63) is 70.9 Å². The molecule has 124 valence electrons. The van der Waals surface area contributed by atoms with Crippen molar-refractivity contribution >= 4 is 22.6 Å². The highest BCUT2D eigenvalue weighted by Gasteiger charge is 2.09. The molecule has 1 heterocycles. The summed E-state index contributed by atoms with van der Waals surface area (Å²) in [5.41, 5.74) is 2.68. The minimum atomic E-state index is -0.340. The molecule has 0 saturated carbocycles. The Morgan fingerprint density at radius 1 is 1.28 bits per heavy atom. The summed E-state index contributed by atoms with van der Waals surface area (Å²) in [5, 5.41) is 14.8. The van der Waals surface area contributed by atoms with Gasteiger partial charge in [0.15, 0.2) is 0 Å². The van der Waals surface area contributed by atoms with Gasteiger partial charge in [-0.25, -0.2) is 9.37 Å². The molecule has 3 aromatic rings. The van der Waals surface area contributed by atoms with E-state index in [4.69, 9.17) is 4.74 Å². The van der Waals surface area contributed by atoms with E-state index in [-0.39, 0.29) is 5.82 Å². The first kappa shape index (κ1) is 16.7. The second kappa shape index (κ2) is 7.60.